The Morgan fingerprint density at radius 2 is 1.82 bits per heavy atom. The summed E-state index contributed by atoms with van der Waals surface area (Å²) in [6, 6.07) is 2.72. The first kappa shape index (κ1) is 9.30. The number of alkyl halides is 1. The number of rotatable bonds is 1. The summed E-state index contributed by atoms with van der Waals surface area (Å²) in [6.07, 6.45) is 0. The second-order valence-corrected chi connectivity index (χ2v) is 3.37. The van der Waals surface area contributed by atoms with Crippen molar-refractivity contribution in [3.63, 3.8) is 0 Å². The van der Waals surface area contributed by atoms with Crippen LogP contribution < -0.4 is 0 Å². The van der Waals surface area contributed by atoms with E-state index in [0.29, 0.717) is 15.9 Å². The van der Waals surface area contributed by atoms with Crippen LogP contribution in [0.25, 0.3) is 0 Å². The molecular formula is C7H4BrCl2F. The maximum Gasteiger partial charge on any atom is 0.128 e. The number of hydrogen-bond acceptors (Lipinski definition) is 0. The fourth-order valence-corrected chi connectivity index (χ4v) is 1.43. The van der Waals surface area contributed by atoms with Crippen LogP contribution in [-0.4, -0.2) is 0 Å². The Morgan fingerprint density at radius 3 is 2.36 bits per heavy atom. The largest absolute Gasteiger partial charge is 0.207 e. The summed E-state index contributed by atoms with van der Waals surface area (Å²) in [7, 11) is 0. The fourth-order valence-electron chi connectivity index (χ4n) is 0.666. The fraction of sp³-hybridized carbons (Fsp3) is 0.143. The highest BCUT2D eigenvalue weighted by Crippen LogP contribution is 2.25. The molecule has 0 spiro atoms. The van der Waals surface area contributed by atoms with Crippen LogP contribution in [0.2, 0.25) is 10.0 Å². The summed E-state index contributed by atoms with van der Waals surface area (Å²) in [5.41, 5.74) is 0.513. The minimum Gasteiger partial charge on any atom is -0.207 e. The Balaban J connectivity index is 3.21. The summed E-state index contributed by atoms with van der Waals surface area (Å²) >= 11 is 14.3. The molecule has 0 fully saturated rings. The lowest BCUT2D eigenvalue weighted by atomic mass is 10.2. The third kappa shape index (κ3) is 2.08. The molecule has 0 saturated carbocycles. The molecular weight excluding hydrogens is 254 g/mol. The molecule has 0 nitrogen and oxygen atoms in total. The molecule has 0 aromatic heterocycles. The first-order valence-corrected chi connectivity index (χ1v) is 4.72. The van der Waals surface area contributed by atoms with Crippen molar-refractivity contribution >= 4 is 39.1 Å². The zero-order valence-corrected chi connectivity index (χ0v) is 8.47. The van der Waals surface area contributed by atoms with Gasteiger partial charge in [0.05, 0.1) is 10.0 Å². The molecule has 0 radical (unpaired) electrons. The van der Waals surface area contributed by atoms with Crippen molar-refractivity contribution in [1.29, 1.82) is 0 Å². The zero-order valence-electron chi connectivity index (χ0n) is 5.37. The molecule has 1 rings (SSSR count). The van der Waals surface area contributed by atoms with E-state index in [1.165, 1.54) is 12.1 Å². The molecule has 11 heavy (non-hydrogen) atoms. The van der Waals surface area contributed by atoms with Crippen LogP contribution in [0, 0.1) is 5.82 Å². The molecule has 0 N–H and O–H groups in total. The van der Waals surface area contributed by atoms with Crippen LogP contribution in [0.5, 0.6) is 0 Å². The molecule has 0 saturated heterocycles. The van der Waals surface area contributed by atoms with Gasteiger partial charge in [0.1, 0.15) is 5.82 Å². The third-order valence-corrected chi connectivity index (χ3v) is 2.56. The number of benzene rings is 1. The summed E-state index contributed by atoms with van der Waals surface area (Å²) in [6.45, 7) is 0. The second kappa shape index (κ2) is 3.74. The van der Waals surface area contributed by atoms with Crippen LogP contribution in [0.4, 0.5) is 4.39 Å². The van der Waals surface area contributed by atoms with E-state index in [1.807, 2.05) is 0 Å². The van der Waals surface area contributed by atoms with Gasteiger partial charge in [0.25, 0.3) is 0 Å². The van der Waals surface area contributed by atoms with Gasteiger partial charge in [0, 0.05) is 5.33 Å². The molecule has 4 heteroatoms. The smallest absolute Gasteiger partial charge is 0.128 e. The van der Waals surface area contributed by atoms with E-state index in [2.05, 4.69) is 15.9 Å². The minimum absolute atomic E-state index is 0.244. The lowest BCUT2D eigenvalue weighted by Crippen LogP contribution is -1.85. The van der Waals surface area contributed by atoms with Gasteiger partial charge in [-0.05, 0) is 17.7 Å². The predicted molar refractivity (Wildman–Crippen MR) is 49.1 cm³/mol. The van der Waals surface area contributed by atoms with Crippen LogP contribution >= 0.6 is 39.1 Å². The topological polar surface area (TPSA) is 0 Å². The van der Waals surface area contributed by atoms with E-state index in [9.17, 15) is 4.39 Å². The van der Waals surface area contributed by atoms with Crippen LogP contribution in [0.3, 0.4) is 0 Å². The number of halogens is 4. The maximum atomic E-state index is 12.9. The molecule has 60 valence electrons. The van der Waals surface area contributed by atoms with Crippen molar-refractivity contribution in [2.75, 3.05) is 0 Å². The molecule has 0 amide bonds. The summed E-state index contributed by atoms with van der Waals surface area (Å²) in [4.78, 5) is 0. The molecule has 0 bridgehead atoms. The summed E-state index contributed by atoms with van der Waals surface area (Å²) in [5.74, 6) is -0.337. The standard InChI is InChI=1S/C7H4BrCl2F/c8-3-4-1-5(9)6(10)2-7(4)11/h1-2H,3H2. The van der Waals surface area contributed by atoms with E-state index in [-0.39, 0.29) is 10.8 Å². The van der Waals surface area contributed by atoms with Crippen molar-refractivity contribution in [2.24, 2.45) is 0 Å². The van der Waals surface area contributed by atoms with Crippen molar-refractivity contribution in [2.45, 2.75) is 5.33 Å². The highest BCUT2D eigenvalue weighted by molar-refractivity contribution is 9.08. The SMILES string of the molecule is Fc1cc(Cl)c(Cl)cc1CBr. The van der Waals surface area contributed by atoms with Crippen molar-refractivity contribution in [3.8, 4) is 0 Å². The molecule has 0 aliphatic carbocycles. The van der Waals surface area contributed by atoms with Gasteiger partial charge in [0.15, 0.2) is 0 Å². The summed E-state index contributed by atoms with van der Waals surface area (Å²) in [5, 5.41) is 1.06. The first-order chi connectivity index (χ1) is 5.15. The monoisotopic (exact) mass is 256 g/mol. The van der Waals surface area contributed by atoms with E-state index >= 15 is 0 Å². The van der Waals surface area contributed by atoms with Crippen molar-refractivity contribution in [1.82, 2.24) is 0 Å². The number of hydrogen-bond donors (Lipinski definition) is 0. The van der Waals surface area contributed by atoms with Gasteiger partial charge >= 0.3 is 0 Å². The Bertz CT molecular complexity index is 275. The maximum absolute atomic E-state index is 12.9. The third-order valence-electron chi connectivity index (χ3n) is 1.23. The van der Waals surface area contributed by atoms with E-state index in [0.717, 1.165) is 0 Å². The van der Waals surface area contributed by atoms with Crippen LogP contribution in [0.15, 0.2) is 12.1 Å². The van der Waals surface area contributed by atoms with Crippen molar-refractivity contribution < 1.29 is 4.39 Å². The van der Waals surface area contributed by atoms with E-state index in [4.69, 9.17) is 23.2 Å². The van der Waals surface area contributed by atoms with Gasteiger partial charge < -0.3 is 0 Å². The Hall–Kier alpha value is 0.210. The van der Waals surface area contributed by atoms with E-state index in [1.54, 1.807) is 0 Å². The zero-order chi connectivity index (χ0) is 8.43. The van der Waals surface area contributed by atoms with Gasteiger partial charge in [-0.2, -0.15) is 0 Å². The normalized spacial score (nSPS) is 10.2. The van der Waals surface area contributed by atoms with Crippen LogP contribution in [-0.2, 0) is 5.33 Å². The Morgan fingerprint density at radius 1 is 1.27 bits per heavy atom. The first-order valence-electron chi connectivity index (χ1n) is 2.84. The quantitative estimate of drug-likeness (QED) is 0.527. The second-order valence-electron chi connectivity index (χ2n) is 1.99. The lowest BCUT2D eigenvalue weighted by molar-refractivity contribution is 0.618. The average molecular weight is 258 g/mol. The molecule has 0 heterocycles. The highest BCUT2D eigenvalue weighted by atomic mass is 79.9. The lowest BCUT2D eigenvalue weighted by Gasteiger charge is -2.00. The van der Waals surface area contributed by atoms with Gasteiger partial charge in [-0.15, -0.1) is 0 Å². The van der Waals surface area contributed by atoms with Gasteiger partial charge in [-0.3, -0.25) is 0 Å². The molecule has 1 aromatic carbocycles. The van der Waals surface area contributed by atoms with Gasteiger partial charge in [0.2, 0.25) is 0 Å². The minimum atomic E-state index is -0.337. The molecule has 0 aliphatic heterocycles. The summed E-state index contributed by atoms with van der Waals surface area (Å²) < 4.78 is 12.9. The highest BCUT2D eigenvalue weighted by Gasteiger charge is 2.05. The molecule has 1 aromatic rings. The van der Waals surface area contributed by atoms with Crippen LogP contribution in [0.1, 0.15) is 5.56 Å². The Labute approximate surface area is 82.4 Å². The predicted octanol–water partition coefficient (Wildman–Crippen LogP) is 4.03. The average Bonchev–Trinajstić information content (AvgIpc) is 1.97. The molecule has 0 atom stereocenters. The van der Waals surface area contributed by atoms with Gasteiger partial charge in [-0.1, -0.05) is 39.1 Å². The van der Waals surface area contributed by atoms with Crippen molar-refractivity contribution in [3.05, 3.63) is 33.6 Å². The van der Waals surface area contributed by atoms with Gasteiger partial charge in [-0.25, -0.2) is 4.39 Å². The Kier molecular flexibility index (Phi) is 3.16. The van der Waals surface area contributed by atoms with E-state index < -0.39 is 0 Å². The molecule has 0 unspecified atom stereocenters. The molecule has 0 aliphatic rings.